The monoisotopic (exact) mass is 292 g/mol. The first-order valence-electron chi connectivity index (χ1n) is 5.51. The van der Waals surface area contributed by atoms with Gasteiger partial charge >= 0.3 is 6.18 Å². The van der Waals surface area contributed by atoms with Crippen LogP contribution in [-0.2, 0) is 6.18 Å². The summed E-state index contributed by atoms with van der Waals surface area (Å²) >= 11 is 4.97. The summed E-state index contributed by atoms with van der Waals surface area (Å²) in [5.74, 6) is 0. The molecule has 3 nitrogen and oxygen atoms in total. The van der Waals surface area contributed by atoms with E-state index in [1.807, 2.05) is 0 Å². The van der Waals surface area contributed by atoms with E-state index < -0.39 is 17.3 Å². The topological polar surface area (TPSA) is 44.3 Å². The number of thiocarbonyl (C=S) groups is 1. The van der Waals surface area contributed by atoms with Crippen LogP contribution in [0.5, 0.6) is 0 Å². The van der Waals surface area contributed by atoms with E-state index in [0.29, 0.717) is 0 Å². The summed E-state index contributed by atoms with van der Waals surface area (Å²) in [6.45, 7) is 3.28. The second-order valence-corrected chi connectivity index (χ2v) is 5.11. The summed E-state index contributed by atoms with van der Waals surface area (Å²) in [7, 11) is 0. The van der Waals surface area contributed by atoms with Crippen molar-refractivity contribution in [2.45, 2.75) is 25.6 Å². The number of aliphatic hydroxyl groups excluding tert-OH is 1. The standard InChI is InChI=1S/C12H15F3N2OS/c1-11(2,7-18)17-10(19)16-9-5-3-4-8(6-9)12(13,14)15/h3-6,18H,7H2,1-2H3,(H2,16,17,19). The second kappa shape index (κ2) is 5.75. The number of rotatable bonds is 3. The molecule has 0 atom stereocenters. The van der Waals surface area contributed by atoms with E-state index in [-0.39, 0.29) is 17.4 Å². The molecule has 0 spiro atoms. The largest absolute Gasteiger partial charge is 0.416 e. The SMILES string of the molecule is CC(C)(CO)NC(=S)Nc1cccc(C(F)(F)F)c1. The summed E-state index contributed by atoms with van der Waals surface area (Å²) < 4.78 is 37.6. The molecule has 106 valence electrons. The van der Waals surface area contributed by atoms with Gasteiger partial charge in [-0.2, -0.15) is 13.2 Å². The Morgan fingerprint density at radius 2 is 1.95 bits per heavy atom. The van der Waals surface area contributed by atoms with Crippen molar-refractivity contribution in [3.63, 3.8) is 0 Å². The smallest absolute Gasteiger partial charge is 0.394 e. The van der Waals surface area contributed by atoms with Gasteiger partial charge in [-0.15, -0.1) is 0 Å². The lowest BCUT2D eigenvalue weighted by Crippen LogP contribution is -2.48. The van der Waals surface area contributed by atoms with Gasteiger partial charge in [-0.1, -0.05) is 6.07 Å². The number of alkyl halides is 3. The van der Waals surface area contributed by atoms with Gasteiger partial charge in [-0.3, -0.25) is 0 Å². The Hall–Kier alpha value is -1.34. The quantitative estimate of drug-likeness (QED) is 0.750. The van der Waals surface area contributed by atoms with Crippen molar-refractivity contribution in [3.8, 4) is 0 Å². The highest BCUT2D eigenvalue weighted by molar-refractivity contribution is 7.80. The fourth-order valence-corrected chi connectivity index (χ4v) is 1.68. The zero-order valence-corrected chi connectivity index (χ0v) is 11.3. The Labute approximate surface area is 114 Å². The molecule has 0 heterocycles. The Morgan fingerprint density at radius 3 is 2.47 bits per heavy atom. The molecule has 3 N–H and O–H groups in total. The number of halogens is 3. The van der Waals surface area contributed by atoms with E-state index in [1.165, 1.54) is 12.1 Å². The van der Waals surface area contributed by atoms with Crippen LogP contribution in [0.25, 0.3) is 0 Å². The van der Waals surface area contributed by atoms with Crippen LogP contribution in [0.2, 0.25) is 0 Å². The maximum atomic E-state index is 12.5. The predicted molar refractivity (Wildman–Crippen MR) is 72.0 cm³/mol. The first kappa shape index (κ1) is 15.7. The van der Waals surface area contributed by atoms with E-state index in [2.05, 4.69) is 10.6 Å². The summed E-state index contributed by atoms with van der Waals surface area (Å²) in [5, 5.41) is 14.7. The molecule has 0 saturated heterocycles. The van der Waals surface area contributed by atoms with Crippen molar-refractivity contribution >= 4 is 23.0 Å². The molecule has 0 aliphatic carbocycles. The molecular weight excluding hydrogens is 277 g/mol. The molecule has 0 fully saturated rings. The molecule has 0 aliphatic rings. The zero-order chi connectivity index (χ0) is 14.7. The number of anilines is 1. The molecule has 0 aromatic heterocycles. The van der Waals surface area contributed by atoms with Gasteiger partial charge < -0.3 is 15.7 Å². The molecule has 0 amide bonds. The normalized spacial score (nSPS) is 12.1. The number of aliphatic hydroxyl groups is 1. The van der Waals surface area contributed by atoms with Crippen molar-refractivity contribution in [2.75, 3.05) is 11.9 Å². The molecule has 0 aliphatic heterocycles. The fourth-order valence-electron chi connectivity index (χ4n) is 1.28. The minimum atomic E-state index is -4.39. The summed E-state index contributed by atoms with van der Waals surface area (Å²) in [6.07, 6.45) is -4.39. The number of nitrogens with one attached hydrogen (secondary N) is 2. The average Bonchev–Trinajstić information content (AvgIpc) is 2.27. The van der Waals surface area contributed by atoms with Gasteiger partial charge in [-0.25, -0.2) is 0 Å². The van der Waals surface area contributed by atoms with Gasteiger partial charge in [-0.05, 0) is 44.3 Å². The third-order valence-corrected chi connectivity index (χ3v) is 2.50. The summed E-state index contributed by atoms with van der Waals surface area (Å²) in [4.78, 5) is 0. The Bertz CT molecular complexity index is 461. The van der Waals surface area contributed by atoms with Crippen molar-refractivity contribution < 1.29 is 18.3 Å². The van der Waals surface area contributed by atoms with Gasteiger partial charge in [0.2, 0.25) is 0 Å². The van der Waals surface area contributed by atoms with Gasteiger partial charge in [0.05, 0.1) is 17.7 Å². The van der Waals surface area contributed by atoms with Crippen LogP contribution in [0.15, 0.2) is 24.3 Å². The average molecular weight is 292 g/mol. The molecule has 1 rings (SSSR count). The third-order valence-electron chi connectivity index (χ3n) is 2.29. The fraction of sp³-hybridized carbons (Fsp3) is 0.417. The van der Waals surface area contributed by atoms with Crippen molar-refractivity contribution in [1.29, 1.82) is 0 Å². The maximum absolute atomic E-state index is 12.5. The van der Waals surface area contributed by atoms with Crippen molar-refractivity contribution in [3.05, 3.63) is 29.8 Å². The highest BCUT2D eigenvalue weighted by Gasteiger charge is 2.30. The van der Waals surface area contributed by atoms with Crippen LogP contribution in [-0.4, -0.2) is 22.4 Å². The van der Waals surface area contributed by atoms with Crippen LogP contribution in [0.4, 0.5) is 18.9 Å². The predicted octanol–water partition coefficient (Wildman–Crippen LogP) is 2.76. The minimum absolute atomic E-state index is 0.151. The summed E-state index contributed by atoms with van der Waals surface area (Å²) in [6, 6.07) is 4.74. The number of hydrogen-bond acceptors (Lipinski definition) is 2. The number of benzene rings is 1. The van der Waals surface area contributed by atoms with Crippen molar-refractivity contribution in [1.82, 2.24) is 5.32 Å². The Balaban J connectivity index is 2.76. The van der Waals surface area contributed by atoms with E-state index in [1.54, 1.807) is 13.8 Å². The molecule has 1 aromatic carbocycles. The van der Waals surface area contributed by atoms with E-state index in [9.17, 15) is 13.2 Å². The molecule has 0 bridgehead atoms. The Morgan fingerprint density at radius 1 is 1.32 bits per heavy atom. The second-order valence-electron chi connectivity index (χ2n) is 4.70. The first-order chi connectivity index (χ1) is 8.64. The van der Waals surface area contributed by atoms with E-state index in [0.717, 1.165) is 12.1 Å². The lowest BCUT2D eigenvalue weighted by atomic mass is 10.1. The van der Waals surface area contributed by atoms with Crippen molar-refractivity contribution in [2.24, 2.45) is 0 Å². The summed E-state index contributed by atoms with van der Waals surface area (Å²) in [5.41, 5.74) is -1.16. The number of hydrogen-bond donors (Lipinski definition) is 3. The maximum Gasteiger partial charge on any atom is 0.416 e. The van der Waals surface area contributed by atoms with Crippen LogP contribution >= 0.6 is 12.2 Å². The van der Waals surface area contributed by atoms with Crippen LogP contribution in [0.3, 0.4) is 0 Å². The zero-order valence-electron chi connectivity index (χ0n) is 10.5. The molecular formula is C12H15F3N2OS. The van der Waals surface area contributed by atoms with Gasteiger partial charge in [0.25, 0.3) is 0 Å². The molecule has 0 radical (unpaired) electrons. The van der Waals surface area contributed by atoms with E-state index >= 15 is 0 Å². The molecule has 0 unspecified atom stereocenters. The van der Waals surface area contributed by atoms with Gasteiger partial charge in [0, 0.05) is 5.69 Å². The van der Waals surface area contributed by atoms with Crippen LogP contribution < -0.4 is 10.6 Å². The van der Waals surface area contributed by atoms with Crippen LogP contribution in [0.1, 0.15) is 19.4 Å². The Kier molecular flexibility index (Phi) is 4.75. The molecule has 0 saturated carbocycles. The highest BCUT2D eigenvalue weighted by Crippen LogP contribution is 2.30. The molecule has 7 heteroatoms. The van der Waals surface area contributed by atoms with E-state index in [4.69, 9.17) is 17.3 Å². The van der Waals surface area contributed by atoms with Gasteiger partial charge in [0.15, 0.2) is 5.11 Å². The lowest BCUT2D eigenvalue weighted by Gasteiger charge is -2.25. The lowest BCUT2D eigenvalue weighted by molar-refractivity contribution is -0.137. The molecule has 1 aromatic rings. The van der Waals surface area contributed by atoms with Gasteiger partial charge in [0.1, 0.15) is 0 Å². The first-order valence-corrected chi connectivity index (χ1v) is 5.92. The molecule has 19 heavy (non-hydrogen) atoms. The minimum Gasteiger partial charge on any atom is -0.394 e. The highest BCUT2D eigenvalue weighted by atomic mass is 32.1. The van der Waals surface area contributed by atoms with Crippen LogP contribution in [0, 0.1) is 0 Å². The third kappa shape index (κ3) is 5.04.